The molecule has 1 fully saturated rings. The molecule has 1 heterocycles. The van der Waals surface area contributed by atoms with Gasteiger partial charge in [0.15, 0.2) is 0 Å². The zero-order valence-electron chi connectivity index (χ0n) is 8.52. The van der Waals surface area contributed by atoms with E-state index in [1.807, 2.05) is 6.07 Å². The summed E-state index contributed by atoms with van der Waals surface area (Å²) < 4.78 is 0. The van der Waals surface area contributed by atoms with Crippen molar-refractivity contribution < 1.29 is 9.59 Å². The zero-order valence-corrected chi connectivity index (χ0v) is 9.28. The minimum atomic E-state index is -0.699. The Morgan fingerprint density at radius 1 is 1.38 bits per heavy atom. The fourth-order valence-corrected chi connectivity index (χ4v) is 1.87. The minimum absolute atomic E-state index is 0.0866. The maximum atomic E-state index is 11.6. The predicted molar refractivity (Wildman–Crippen MR) is 59.6 cm³/mol. The molecule has 0 unspecified atom stereocenters. The Morgan fingerprint density at radius 2 is 2.06 bits per heavy atom. The molecule has 2 rings (SSSR count). The van der Waals surface area contributed by atoms with Gasteiger partial charge in [0.1, 0.15) is 0 Å². The van der Waals surface area contributed by atoms with Gasteiger partial charge in [-0.05, 0) is 11.6 Å². The molecule has 1 aromatic carbocycles. The molecular formula is C11H11ClN2O2. The molecule has 0 radical (unpaired) electrons. The average molecular weight is 239 g/mol. The molecule has 84 valence electrons. The van der Waals surface area contributed by atoms with Gasteiger partial charge in [0.25, 0.3) is 0 Å². The van der Waals surface area contributed by atoms with Crippen molar-refractivity contribution in [2.75, 3.05) is 0 Å². The van der Waals surface area contributed by atoms with Crippen LogP contribution in [-0.4, -0.2) is 22.8 Å². The van der Waals surface area contributed by atoms with Crippen molar-refractivity contribution >= 4 is 23.4 Å². The first-order valence-electron chi connectivity index (χ1n) is 4.93. The Morgan fingerprint density at radius 3 is 2.62 bits per heavy atom. The molecule has 5 heteroatoms. The number of hydrogen-bond acceptors (Lipinski definition) is 3. The number of halogens is 1. The molecule has 1 aromatic rings. The number of nitrogens with zero attached hydrogens (tertiary/aromatic N) is 1. The van der Waals surface area contributed by atoms with Gasteiger partial charge in [-0.15, -0.1) is 0 Å². The number of nitrogens with two attached hydrogens (primary N) is 1. The van der Waals surface area contributed by atoms with Gasteiger partial charge >= 0.3 is 0 Å². The van der Waals surface area contributed by atoms with E-state index in [-0.39, 0.29) is 24.8 Å². The lowest BCUT2D eigenvalue weighted by atomic mass is 10.2. The normalized spacial score (nSPS) is 20.6. The van der Waals surface area contributed by atoms with E-state index in [0.717, 1.165) is 10.5 Å². The third-order valence-corrected chi connectivity index (χ3v) is 2.93. The largest absolute Gasteiger partial charge is 0.319 e. The van der Waals surface area contributed by atoms with E-state index < -0.39 is 6.04 Å². The summed E-state index contributed by atoms with van der Waals surface area (Å²) in [6.07, 6.45) is 0.0866. The van der Waals surface area contributed by atoms with Crippen LogP contribution < -0.4 is 5.73 Å². The Labute approximate surface area is 98.0 Å². The maximum Gasteiger partial charge on any atom is 0.246 e. The molecule has 1 atom stereocenters. The summed E-state index contributed by atoms with van der Waals surface area (Å²) in [7, 11) is 0. The van der Waals surface area contributed by atoms with Crippen molar-refractivity contribution in [3.63, 3.8) is 0 Å². The van der Waals surface area contributed by atoms with Gasteiger partial charge in [-0.2, -0.15) is 0 Å². The van der Waals surface area contributed by atoms with Crippen molar-refractivity contribution in [2.45, 2.75) is 19.0 Å². The van der Waals surface area contributed by atoms with Crippen LogP contribution in [0.2, 0.25) is 5.02 Å². The predicted octanol–water partition coefficient (Wildman–Crippen LogP) is 0.926. The Bertz CT molecular complexity index is 447. The van der Waals surface area contributed by atoms with Crippen molar-refractivity contribution in [1.82, 2.24) is 4.90 Å². The van der Waals surface area contributed by atoms with Gasteiger partial charge in [-0.3, -0.25) is 14.5 Å². The number of hydrogen-bond donors (Lipinski definition) is 1. The lowest BCUT2D eigenvalue weighted by Crippen LogP contribution is -2.34. The average Bonchev–Trinajstić information content (AvgIpc) is 2.48. The van der Waals surface area contributed by atoms with Gasteiger partial charge in [0, 0.05) is 5.02 Å². The van der Waals surface area contributed by atoms with Crippen LogP contribution in [-0.2, 0) is 16.1 Å². The molecule has 0 aliphatic carbocycles. The van der Waals surface area contributed by atoms with Crippen molar-refractivity contribution in [3.05, 3.63) is 34.9 Å². The number of amides is 2. The molecule has 1 saturated heterocycles. The maximum absolute atomic E-state index is 11.6. The van der Waals surface area contributed by atoms with Gasteiger partial charge in [0.05, 0.1) is 19.0 Å². The molecular weight excluding hydrogens is 228 g/mol. The molecule has 1 aliphatic rings. The molecule has 2 N–H and O–H groups in total. The standard InChI is InChI=1S/C11H11ClN2O2/c12-8-4-2-1-3-7(8)6-14-10(15)5-9(13)11(14)16/h1-4,9H,5-6,13H2/t9-/m0/s1. The summed E-state index contributed by atoms with van der Waals surface area (Å²) in [5.74, 6) is -0.567. The number of imide groups is 1. The van der Waals surface area contributed by atoms with Crippen molar-refractivity contribution in [2.24, 2.45) is 5.73 Å². The molecule has 0 spiro atoms. The smallest absolute Gasteiger partial charge is 0.246 e. The first-order valence-corrected chi connectivity index (χ1v) is 5.30. The SMILES string of the molecule is N[C@H]1CC(=O)N(Cc2ccccc2Cl)C1=O. The van der Waals surface area contributed by atoms with Crippen LogP contribution in [0.1, 0.15) is 12.0 Å². The summed E-state index contributed by atoms with van der Waals surface area (Å²) in [4.78, 5) is 24.2. The lowest BCUT2D eigenvalue weighted by molar-refractivity contribution is -0.139. The fraction of sp³-hybridized carbons (Fsp3) is 0.273. The highest BCUT2D eigenvalue weighted by molar-refractivity contribution is 6.31. The third-order valence-electron chi connectivity index (χ3n) is 2.57. The van der Waals surface area contributed by atoms with Gasteiger partial charge < -0.3 is 5.73 Å². The second-order valence-corrected chi connectivity index (χ2v) is 4.13. The lowest BCUT2D eigenvalue weighted by Gasteiger charge is -2.14. The topological polar surface area (TPSA) is 63.4 Å². The first kappa shape index (κ1) is 11.1. The summed E-state index contributed by atoms with van der Waals surface area (Å²) in [6, 6.07) is 6.42. The van der Waals surface area contributed by atoms with Crippen LogP contribution in [0.5, 0.6) is 0 Å². The summed E-state index contributed by atoms with van der Waals surface area (Å²) in [6.45, 7) is 0.199. The van der Waals surface area contributed by atoms with Gasteiger partial charge in [-0.25, -0.2) is 0 Å². The molecule has 0 saturated carbocycles. The Balaban J connectivity index is 2.20. The highest BCUT2D eigenvalue weighted by atomic mass is 35.5. The van der Waals surface area contributed by atoms with Crippen LogP contribution >= 0.6 is 11.6 Å². The van der Waals surface area contributed by atoms with Crippen molar-refractivity contribution in [1.29, 1.82) is 0 Å². The second-order valence-electron chi connectivity index (χ2n) is 3.72. The van der Waals surface area contributed by atoms with E-state index in [2.05, 4.69) is 0 Å². The van der Waals surface area contributed by atoms with Crippen molar-refractivity contribution in [3.8, 4) is 0 Å². The number of likely N-dealkylation sites (tertiary alicyclic amines) is 1. The van der Waals surface area contributed by atoms with Crippen LogP contribution in [0, 0.1) is 0 Å². The summed E-state index contributed by atoms with van der Waals surface area (Å²) in [5, 5.41) is 0.545. The Hall–Kier alpha value is -1.39. The molecule has 4 nitrogen and oxygen atoms in total. The van der Waals surface area contributed by atoms with E-state index >= 15 is 0 Å². The highest BCUT2D eigenvalue weighted by Gasteiger charge is 2.36. The number of benzene rings is 1. The molecule has 0 bridgehead atoms. The number of rotatable bonds is 2. The van der Waals surface area contributed by atoms with E-state index in [1.54, 1.807) is 18.2 Å². The summed E-state index contributed by atoms with van der Waals surface area (Å²) in [5.41, 5.74) is 6.26. The van der Waals surface area contributed by atoms with Crippen LogP contribution in [0.3, 0.4) is 0 Å². The van der Waals surface area contributed by atoms with E-state index in [9.17, 15) is 9.59 Å². The van der Waals surface area contributed by atoms with E-state index in [0.29, 0.717) is 5.02 Å². The number of carbonyl (C=O) groups excluding carboxylic acids is 2. The third kappa shape index (κ3) is 1.94. The molecule has 16 heavy (non-hydrogen) atoms. The van der Waals surface area contributed by atoms with Gasteiger partial charge in [0.2, 0.25) is 11.8 Å². The Kier molecular flexibility index (Phi) is 2.94. The van der Waals surface area contributed by atoms with Crippen LogP contribution in [0.15, 0.2) is 24.3 Å². The second kappa shape index (κ2) is 4.23. The quantitative estimate of drug-likeness (QED) is 0.780. The minimum Gasteiger partial charge on any atom is -0.319 e. The summed E-state index contributed by atoms with van der Waals surface area (Å²) >= 11 is 5.95. The molecule has 1 aliphatic heterocycles. The first-order chi connectivity index (χ1) is 7.59. The monoisotopic (exact) mass is 238 g/mol. The molecule has 2 amide bonds. The molecule has 0 aromatic heterocycles. The van der Waals surface area contributed by atoms with Crippen LogP contribution in [0.25, 0.3) is 0 Å². The fourth-order valence-electron chi connectivity index (χ4n) is 1.67. The van der Waals surface area contributed by atoms with Crippen LogP contribution in [0.4, 0.5) is 0 Å². The van der Waals surface area contributed by atoms with E-state index in [4.69, 9.17) is 17.3 Å². The van der Waals surface area contributed by atoms with Gasteiger partial charge in [-0.1, -0.05) is 29.8 Å². The van der Waals surface area contributed by atoms with E-state index in [1.165, 1.54) is 0 Å². The zero-order chi connectivity index (χ0) is 11.7. The number of carbonyl (C=O) groups is 2. The highest BCUT2D eigenvalue weighted by Crippen LogP contribution is 2.20.